The highest BCUT2D eigenvalue weighted by atomic mass is 35.5. The van der Waals surface area contributed by atoms with Gasteiger partial charge in [-0.1, -0.05) is 30.7 Å². The van der Waals surface area contributed by atoms with Gasteiger partial charge in [-0.3, -0.25) is 13.9 Å². The molecule has 0 fully saturated rings. The van der Waals surface area contributed by atoms with Crippen LogP contribution in [-0.4, -0.2) is 50.5 Å². The van der Waals surface area contributed by atoms with E-state index in [9.17, 15) is 22.4 Å². The Bertz CT molecular complexity index is 1030. The van der Waals surface area contributed by atoms with E-state index in [-0.39, 0.29) is 18.1 Å². The molecule has 174 valence electrons. The van der Waals surface area contributed by atoms with E-state index in [0.717, 1.165) is 17.0 Å². The van der Waals surface area contributed by atoms with Gasteiger partial charge < -0.3 is 10.2 Å². The van der Waals surface area contributed by atoms with Gasteiger partial charge in [0, 0.05) is 18.1 Å². The Morgan fingerprint density at radius 2 is 1.69 bits per heavy atom. The van der Waals surface area contributed by atoms with Crippen molar-refractivity contribution in [2.45, 2.75) is 32.9 Å². The number of carbonyl (C=O) groups is 2. The summed E-state index contributed by atoms with van der Waals surface area (Å²) < 4.78 is 39.1. The normalized spacial score (nSPS) is 12.2. The molecule has 0 unspecified atom stereocenters. The number of nitrogens with zero attached hydrogens (tertiary/aromatic N) is 2. The van der Waals surface area contributed by atoms with Crippen LogP contribution in [0.4, 0.5) is 10.1 Å². The van der Waals surface area contributed by atoms with Crippen molar-refractivity contribution >= 4 is 39.1 Å². The molecule has 2 rings (SSSR count). The average Bonchev–Trinajstić information content (AvgIpc) is 2.74. The summed E-state index contributed by atoms with van der Waals surface area (Å²) in [5.74, 6) is -1.36. The van der Waals surface area contributed by atoms with Crippen LogP contribution in [0.25, 0.3) is 0 Å². The fourth-order valence-electron chi connectivity index (χ4n) is 2.99. The van der Waals surface area contributed by atoms with E-state index in [4.69, 9.17) is 11.6 Å². The van der Waals surface area contributed by atoms with Crippen molar-refractivity contribution in [2.24, 2.45) is 0 Å². The molecule has 1 atom stereocenters. The van der Waals surface area contributed by atoms with E-state index >= 15 is 0 Å². The standard InChI is InChI=1S/C22H27ClFN3O4S/c1-4-13-25-22(29)16(2)26(14-17-5-9-19(24)10-6-17)21(28)15-27(32(3,30)31)20-11-7-18(23)8-12-20/h5-12,16H,4,13-15H2,1-3H3,(H,25,29)/t16-/m1/s1. The summed E-state index contributed by atoms with van der Waals surface area (Å²) in [6.07, 6.45) is 1.72. The highest BCUT2D eigenvalue weighted by molar-refractivity contribution is 7.92. The summed E-state index contributed by atoms with van der Waals surface area (Å²) >= 11 is 5.89. The van der Waals surface area contributed by atoms with Crippen LogP contribution in [0.5, 0.6) is 0 Å². The predicted octanol–water partition coefficient (Wildman–Crippen LogP) is 3.19. The van der Waals surface area contributed by atoms with E-state index in [1.54, 1.807) is 6.92 Å². The smallest absolute Gasteiger partial charge is 0.244 e. The quantitative estimate of drug-likeness (QED) is 0.562. The van der Waals surface area contributed by atoms with Crippen molar-refractivity contribution in [3.63, 3.8) is 0 Å². The minimum atomic E-state index is -3.81. The van der Waals surface area contributed by atoms with E-state index in [1.807, 2.05) is 6.92 Å². The largest absolute Gasteiger partial charge is 0.354 e. The second-order valence-corrected chi connectivity index (χ2v) is 9.70. The highest BCUT2D eigenvalue weighted by Crippen LogP contribution is 2.21. The third-order valence-corrected chi connectivity index (χ3v) is 6.17. The molecular weight excluding hydrogens is 457 g/mol. The maximum atomic E-state index is 13.3. The summed E-state index contributed by atoms with van der Waals surface area (Å²) in [7, 11) is -3.81. The number of nitrogens with one attached hydrogen (secondary N) is 1. The summed E-state index contributed by atoms with van der Waals surface area (Å²) in [5.41, 5.74) is 0.877. The lowest BCUT2D eigenvalue weighted by atomic mass is 10.1. The number of benzene rings is 2. The molecule has 0 bridgehead atoms. The Balaban J connectivity index is 2.34. The number of carbonyl (C=O) groups excluding carboxylic acids is 2. The zero-order chi connectivity index (χ0) is 23.9. The van der Waals surface area contributed by atoms with Gasteiger partial charge in [0.1, 0.15) is 18.4 Å². The SMILES string of the molecule is CCCNC(=O)[C@@H](C)N(Cc1ccc(F)cc1)C(=O)CN(c1ccc(Cl)cc1)S(C)(=O)=O. The summed E-state index contributed by atoms with van der Waals surface area (Å²) in [5, 5.41) is 3.17. The molecule has 1 N–H and O–H groups in total. The maximum Gasteiger partial charge on any atom is 0.244 e. The molecule has 32 heavy (non-hydrogen) atoms. The molecule has 0 spiro atoms. The van der Waals surface area contributed by atoms with E-state index in [2.05, 4.69) is 5.32 Å². The fraction of sp³-hybridized carbons (Fsp3) is 0.364. The third kappa shape index (κ3) is 7.20. The fourth-order valence-corrected chi connectivity index (χ4v) is 3.96. The molecule has 0 aliphatic rings. The molecule has 0 aromatic heterocycles. The minimum absolute atomic E-state index is 0.0119. The topological polar surface area (TPSA) is 86.8 Å². The van der Waals surface area contributed by atoms with Gasteiger partial charge >= 0.3 is 0 Å². The lowest BCUT2D eigenvalue weighted by molar-refractivity contribution is -0.139. The van der Waals surface area contributed by atoms with Gasteiger partial charge in [0.25, 0.3) is 0 Å². The van der Waals surface area contributed by atoms with Crippen molar-refractivity contribution in [3.8, 4) is 0 Å². The third-order valence-electron chi connectivity index (χ3n) is 4.78. The molecule has 0 saturated carbocycles. The highest BCUT2D eigenvalue weighted by Gasteiger charge is 2.29. The number of sulfonamides is 1. The van der Waals surface area contributed by atoms with Crippen molar-refractivity contribution in [1.29, 1.82) is 0 Å². The van der Waals surface area contributed by atoms with E-state index in [0.29, 0.717) is 17.1 Å². The Kier molecular flexibility index (Phi) is 9.03. The monoisotopic (exact) mass is 483 g/mol. The predicted molar refractivity (Wildman–Crippen MR) is 123 cm³/mol. The lowest BCUT2D eigenvalue weighted by Gasteiger charge is -2.31. The number of hydrogen-bond acceptors (Lipinski definition) is 4. The van der Waals surface area contributed by atoms with Crippen LogP contribution in [0.2, 0.25) is 5.02 Å². The van der Waals surface area contributed by atoms with Gasteiger partial charge in [0.15, 0.2) is 0 Å². The number of rotatable bonds is 10. The van der Waals surface area contributed by atoms with E-state index < -0.39 is 34.3 Å². The van der Waals surface area contributed by atoms with Gasteiger partial charge in [0.2, 0.25) is 21.8 Å². The minimum Gasteiger partial charge on any atom is -0.354 e. The molecule has 0 heterocycles. The first-order valence-corrected chi connectivity index (χ1v) is 12.3. The molecule has 2 amide bonds. The molecule has 7 nitrogen and oxygen atoms in total. The molecule has 0 radical (unpaired) electrons. The number of halogens is 2. The second-order valence-electron chi connectivity index (χ2n) is 7.36. The zero-order valence-electron chi connectivity index (χ0n) is 18.2. The Morgan fingerprint density at radius 3 is 2.22 bits per heavy atom. The van der Waals surface area contributed by atoms with Crippen molar-refractivity contribution in [3.05, 3.63) is 64.9 Å². The van der Waals surface area contributed by atoms with Crippen LogP contribution in [0.1, 0.15) is 25.8 Å². The zero-order valence-corrected chi connectivity index (χ0v) is 19.8. The van der Waals surface area contributed by atoms with Gasteiger partial charge in [-0.25, -0.2) is 12.8 Å². The van der Waals surface area contributed by atoms with Gasteiger partial charge in [0.05, 0.1) is 11.9 Å². The van der Waals surface area contributed by atoms with Crippen LogP contribution < -0.4 is 9.62 Å². The molecule has 10 heteroatoms. The molecular formula is C22H27ClFN3O4S. The van der Waals surface area contributed by atoms with Crippen LogP contribution in [0.15, 0.2) is 48.5 Å². The van der Waals surface area contributed by atoms with Gasteiger partial charge in [-0.2, -0.15) is 0 Å². The van der Waals surface area contributed by atoms with Crippen LogP contribution >= 0.6 is 11.6 Å². The summed E-state index contributed by atoms with van der Waals surface area (Å²) in [6.45, 7) is 3.43. The maximum absolute atomic E-state index is 13.3. The molecule has 2 aromatic carbocycles. The first kappa shape index (κ1) is 25.6. The molecule has 0 saturated heterocycles. The van der Waals surface area contributed by atoms with Crippen LogP contribution in [0, 0.1) is 5.82 Å². The lowest BCUT2D eigenvalue weighted by Crippen LogP contribution is -2.51. The van der Waals surface area contributed by atoms with Crippen molar-refractivity contribution in [2.75, 3.05) is 23.7 Å². The molecule has 2 aromatic rings. The van der Waals surface area contributed by atoms with Crippen LogP contribution in [0.3, 0.4) is 0 Å². The van der Waals surface area contributed by atoms with E-state index in [1.165, 1.54) is 53.4 Å². The number of amides is 2. The first-order chi connectivity index (χ1) is 15.0. The van der Waals surface area contributed by atoms with Crippen molar-refractivity contribution < 1.29 is 22.4 Å². The molecule has 0 aliphatic heterocycles. The number of anilines is 1. The van der Waals surface area contributed by atoms with Gasteiger partial charge in [-0.15, -0.1) is 0 Å². The summed E-state index contributed by atoms with van der Waals surface area (Å²) in [6, 6.07) is 10.7. The van der Waals surface area contributed by atoms with Gasteiger partial charge in [-0.05, 0) is 55.3 Å². The molecule has 0 aliphatic carbocycles. The Labute approximate surface area is 193 Å². The average molecular weight is 484 g/mol. The second kappa shape index (κ2) is 11.3. The Hall–Kier alpha value is -2.65. The van der Waals surface area contributed by atoms with Crippen LogP contribution in [-0.2, 0) is 26.2 Å². The van der Waals surface area contributed by atoms with Crippen molar-refractivity contribution in [1.82, 2.24) is 10.2 Å². The first-order valence-electron chi connectivity index (χ1n) is 10.1. The summed E-state index contributed by atoms with van der Waals surface area (Å²) in [4.78, 5) is 27.1. The number of hydrogen-bond donors (Lipinski definition) is 1. The Morgan fingerprint density at radius 1 is 1.09 bits per heavy atom.